The zero-order valence-corrected chi connectivity index (χ0v) is 10.2. The molecule has 0 aromatic rings. The van der Waals surface area contributed by atoms with Gasteiger partial charge in [0.2, 0.25) is 0 Å². The summed E-state index contributed by atoms with van der Waals surface area (Å²) in [5, 5.41) is 3.15. The summed E-state index contributed by atoms with van der Waals surface area (Å²) in [5.74, 6) is -0.730. The fourth-order valence-electron chi connectivity index (χ4n) is 1.32. The fourth-order valence-corrected chi connectivity index (χ4v) is 1.32. The van der Waals surface area contributed by atoms with E-state index in [1.54, 1.807) is 12.3 Å². The molecule has 1 aliphatic carbocycles. The van der Waals surface area contributed by atoms with Gasteiger partial charge in [0.15, 0.2) is 0 Å². The van der Waals surface area contributed by atoms with Crippen LogP contribution in [0.3, 0.4) is 0 Å². The highest BCUT2D eigenvalue weighted by atomic mass is 16.5. The monoisotopic (exact) mass is 239 g/mol. The standard InChI is InChI=1S/C12H17NO4/c1-8-7-10(8)13-6-4-5-9(11(14)16-2)12(15)17-3/h4-6,8,10,13H,7H2,1-3H3/b6-4+/t8-,10+/m0/s1. The van der Waals surface area contributed by atoms with Crippen molar-refractivity contribution in [1.29, 1.82) is 0 Å². The summed E-state index contributed by atoms with van der Waals surface area (Å²) in [5.41, 5.74) is -0.128. The van der Waals surface area contributed by atoms with Crippen LogP contribution in [-0.4, -0.2) is 32.2 Å². The van der Waals surface area contributed by atoms with Crippen LogP contribution in [0.2, 0.25) is 0 Å². The minimum absolute atomic E-state index is 0.128. The maximum Gasteiger partial charge on any atom is 0.345 e. The predicted octanol–water partition coefficient (Wildman–Crippen LogP) is 0.770. The minimum atomic E-state index is -0.707. The second-order valence-corrected chi connectivity index (χ2v) is 3.91. The number of esters is 2. The van der Waals surface area contributed by atoms with E-state index in [9.17, 15) is 9.59 Å². The largest absolute Gasteiger partial charge is 0.465 e. The van der Waals surface area contributed by atoms with Crippen molar-refractivity contribution < 1.29 is 19.1 Å². The molecule has 0 aliphatic heterocycles. The maximum atomic E-state index is 11.3. The summed E-state index contributed by atoms with van der Waals surface area (Å²) in [6, 6.07) is 0.499. The number of hydrogen-bond acceptors (Lipinski definition) is 5. The molecule has 0 radical (unpaired) electrons. The van der Waals surface area contributed by atoms with E-state index in [0.29, 0.717) is 12.0 Å². The van der Waals surface area contributed by atoms with E-state index in [0.717, 1.165) is 6.42 Å². The summed E-state index contributed by atoms with van der Waals surface area (Å²) in [6.45, 7) is 2.15. The number of rotatable bonds is 5. The Labute approximate surface area is 100 Å². The summed E-state index contributed by atoms with van der Waals surface area (Å²) < 4.78 is 8.96. The van der Waals surface area contributed by atoms with Crippen LogP contribution in [-0.2, 0) is 19.1 Å². The Balaban J connectivity index is 2.56. The van der Waals surface area contributed by atoms with Gasteiger partial charge in [0.25, 0.3) is 0 Å². The number of ether oxygens (including phenoxy) is 2. The van der Waals surface area contributed by atoms with Gasteiger partial charge in [-0.2, -0.15) is 0 Å². The van der Waals surface area contributed by atoms with Gasteiger partial charge in [-0.05, 0) is 30.7 Å². The molecule has 0 saturated heterocycles. The first-order valence-corrected chi connectivity index (χ1v) is 5.39. The van der Waals surface area contributed by atoms with Crippen molar-refractivity contribution >= 4 is 11.9 Å². The second kappa shape index (κ2) is 6.08. The first-order valence-electron chi connectivity index (χ1n) is 5.39. The number of allylic oxidation sites excluding steroid dienone is 2. The molecule has 0 spiro atoms. The van der Waals surface area contributed by atoms with Crippen molar-refractivity contribution in [2.75, 3.05) is 14.2 Å². The summed E-state index contributed by atoms with van der Waals surface area (Å²) in [4.78, 5) is 22.5. The first-order chi connectivity index (χ1) is 8.10. The lowest BCUT2D eigenvalue weighted by Crippen LogP contribution is -2.15. The minimum Gasteiger partial charge on any atom is -0.465 e. The van der Waals surface area contributed by atoms with E-state index in [-0.39, 0.29) is 5.57 Å². The number of carbonyl (C=O) groups excluding carboxylic acids is 2. The van der Waals surface area contributed by atoms with Crippen LogP contribution in [0.25, 0.3) is 0 Å². The van der Waals surface area contributed by atoms with Gasteiger partial charge in [-0.25, -0.2) is 9.59 Å². The van der Waals surface area contributed by atoms with Gasteiger partial charge in [-0.3, -0.25) is 0 Å². The molecule has 0 amide bonds. The smallest absolute Gasteiger partial charge is 0.345 e. The Bertz CT molecular complexity index is 342. The van der Waals surface area contributed by atoms with Crippen LogP contribution in [0, 0.1) is 5.92 Å². The van der Waals surface area contributed by atoms with Gasteiger partial charge >= 0.3 is 11.9 Å². The van der Waals surface area contributed by atoms with Crippen LogP contribution in [0.5, 0.6) is 0 Å². The molecule has 0 unspecified atom stereocenters. The zero-order chi connectivity index (χ0) is 12.8. The molecular formula is C12H17NO4. The normalized spacial score (nSPS) is 21.8. The lowest BCUT2D eigenvalue weighted by Gasteiger charge is -2.01. The van der Waals surface area contributed by atoms with E-state index < -0.39 is 11.9 Å². The van der Waals surface area contributed by atoms with Gasteiger partial charge in [0.05, 0.1) is 14.2 Å². The lowest BCUT2D eigenvalue weighted by atomic mass is 10.2. The Morgan fingerprint density at radius 2 is 1.76 bits per heavy atom. The van der Waals surface area contributed by atoms with Crippen LogP contribution in [0.4, 0.5) is 0 Å². The molecule has 1 saturated carbocycles. The van der Waals surface area contributed by atoms with Crippen molar-refractivity contribution in [2.45, 2.75) is 19.4 Å². The second-order valence-electron chi connectivity index (χ2n) is 3.91. The van der Waals surface area contributed by atoms with Gasteiger partial charge in [0.1, 0.15) is 5.57 Å². The summed E-state index contributed by atoms with van der Waals surface area (Å²) >= 11 is 0. The van der Waals surface area contributed by atoms with E-state index in [1.165, 1.54) is 20.3 Å². The molecule has 1 N–H and O–H groups in total. The highest BCUT2D eigenvalue weighted by Gasteiger charge is 2.30. The Morgan fingerprint density at radius 1 is 1.24 bits per heavy atom. The molecule has 1 aliphatic rings. The van der Waals surface area contributed by atoms with E-state index in [4.69, 9.17) is 0 Å². The molecule has 94 valence electrons. The molecule has 0 heterocycles. The first kappa shape index (κ1) is 13.3. The predicted molar refractivity (Wildman–Crippen MR) is 62.0 cm³/mol. The molecule has 1 fully saturated rings. The van der Waals surface area contributed by atoms with Crippen molar-refractivity contribution in [3.05, 3.63) is 23.9 Å². The van der Waals surface area contributed by atoms with Crippen LogP contribution >= 0.6 is 0 Å². The SMILES string of the molecule is COC(=O)C(=C/C=C/N[C@@H]1C[C@@H]1C)C(=O)OC. The molecule has 0 bridgehead atoms. The Morgan fingerprint density at radius 3 is 2.18 bits per heavy atom. The molecule has 0 aromatic heterocycles. The number of methoxy groups -OCH3 is 2. The Kier molecular flexibility index (Phi) is 4.75. The average molecular weight is 239 g/mol. The average Bonchev–Trinajstić information content (AvgIpc) is 3.03. The molecule has 1 rings (SSSR count). The highest BCUT2D eigenvalue weighted by Crippen LogP contribution is 2.28. The van der Waals surface area contributed by atoms with Gasteiger partial charge in [-0.15, -0.1) is 0 Å². The summed E-state index contributed by atoms with van der Waals surface area (Å²) in [6.07, 6.45) is 5.82. The molecular weight excluding hydrogens is 222 g/mol. The summed E-state index contributed by atoms with van der Waals surface area (Å²) in [7, 11) is 2.43. The topological polar surface area (TPSA) is 64.6 Å². The van der Waals surface area contributed by atoms with Gasteiger partial charge in [0, 0.05) is 6.04 Å². The van der Waals surface area contributed by atoms with Crippen LogP contribution in [0.1, 0.15) is 13.3 Å². The Hall–Kier alpha value is -1.78. The van der Waals surface area contributed by atoms with E-state index >= 15 is 0 Å². The van der Waals surface area contributed by atoms with Crippen molar-refractivity contribution in [2.24, 2.45) is 5.92 Å². The molecule has 0 aromatic carbocycles. The van der Waals surface area contributed by atoms with Crippen LogP contribution in [0.15, 0.2) is 23.9 Å². The molecule has 5 heteroatoms. The maximum absolute atomic E-state index is 11.3. The van der Waals surface area contributed by atoms with E-state index in [2.05, 4.69) is 21.7 Å². The number of carbonyl (C=O) groups is 2. The van der Waals surface area contributed by atoms with Gasteiger partial charge in [-0.1, -0.05) is 6.92 Å². The van der Waals surface area contributed by atoms with Crippen molar-refractivity contribution in [3.8, 4) is 0 Å². The number of hydrogen-bond donors (Lipinski definition) is 1. The zero-order valence-electron chi connectivity index (χ0n) is 10.2. The quantitative estimate of drug-likeness (QED) is 0.252. The van der Waals surface area contributed by atoms with Crippen molar-refractivity contribution in [1.82, 2.24) is 5.32 Å². The highest BCUT2D eigenvalue weighted by molar-refractivity contribution is 6.14. The third-order valence-corrected chi connectivity index (χ3v) is 2.59. The fraction of sp³-hybridized carbons (Fsp3) is 0.500. The van der Waals surface area contributed by atoms with Gasteiger partial charge < -0.3 is 14.8 Å². The van der Waals surface area contributed by atoms with Crippen molar-refractivity contribution in [3.63, 3.8) is 0 Å². The number of nitrogens with one attached hydrogen (secondary N) is 1. The third kappa shape index (κ3) is 3.94. The lowest BCUT2D eigenvalue weighted by molar-refractivity contribution is -0.144. The molecule has 2 atom stereocenters. The van der Waals surface area contributed by atoms with E-state index in [1.807, 2.05) is 0 Å². The molecule has 5 nitrogen and oxygen atoms in total. The third-order valence-electron chi connectivity index (χ3n) is 2.59. The van der Waals surface area contributed by atoms with Crippen LogP contribution < -0.4 is 5.32 Å². The molecule has 17 heavy (non-hydrogen) atoms.